The number of hydrogen-bond donors (Lipinski definition) is 1. The first-order valence-corrected chi connectivity index (χ1v) is 10.3. The van der Waals surface area contributed by atoms with Crippen molar-refractivity contribution in [1.82, 2.24) is 10.2 Å². The Morgan fingerprint density at radius 3 is 2.76 bits per heavy atom. The highest BCUT2D eigenvalue weighted by molar-refractivity contribution is 5.85. The van der Waals surface area contributed by atoms with E-state index in [1.165, 1.54) is 56.0 Å². The minimum atomic E-state index is 0.188. The van der Waals surface area contributed by atoms with E-state index in [-0.39, 0.29) is 5.92 Å². The molecule has 136 valence electrons. The Bertz CT molecular complexity index is 675. The molecule has 1 heterocycles. The SMILES string of the molecule is CCCCCCCCC(c1[nH]nc2ccccc12)C1CCCCC1=O. The number of para-hydroxylation sites is 1. The van der Waals surface area contributed by atoms with Crippen LogP contribution in [0.2, 0.25) is 0 Å². The maximum atomic E-state index is 12.6. The van der Waals surface area contributed by atoms with Gasteiger partial charge in [0.25, 0.3) is 0 Å². The van der Waals surface area contributed by atoms with Crippen molar-refractivity contribution in [3.05, 3.63) is 30.0 Å². The van der Waals surface area contributed by atoms with Gasteiger partial charge in [-0.2, -0.15) is 5.10 Å². The lowest BCUT2D eigenvalue weighted by molar-refractivity contribution is -0.125. The van der Waals surface area contributed by atoms with E-state index < -0.39 is 0 Å². The molecule has 1 fully saturated rings. The Labute approximate surface area is 151 Å². The number of nitrogens with zero attached hydrogens (tertiary/aromatic N) is 1. The summed E-state index contributed by atoms with van der Waals surface area (Å²) in [4.78, 5) is 12.6. The normalized spacial score (nSPS) is 19.4. The number of carbonyl (C=O) groups excluding carboxylic acids is 1. The minimum Gasteiger partial charge on any atom is -0.299 e. The van der Waals surface area contributed by atoms with Crippen LogP contribution in [0.5, 0.6) is 0 Å². The third-order valence-corrected chi connectivity index (χ3v) is 5.82. The number of aromatic amines is 1. The van der Waals surface area contributed by atoms with Gasteiger partial charge in [0.2, 0.25) is 0 Å². The molecule has 1 aromatic heterocycles. The van der Waals surface area contributed by atoms with Crippen LogP contribution in [0.3, 0.4) is 0 Å². The quantitative estimate of drug-likeness (QED) is 0.556. The molecule has 1 aliphatic rings. The molecule has 0 aliphatic heterocycles. The van der Waals surface area contributed by atoms with Crippen LogP contribution in [0, 0.1) is 5.92 Å². The van der Waals surface area contributed by atoms with E-state index >= 15 is 0 Å². The number of fused-ring (bicyclic) bond motifs is 1. The zero-order valence-electron chi connectivity index (χ0n) is 15.6. The Morgan fingerprint density at radius 2 is 1.92 bits per heavy atom. The lowest BCUT2D eigenvalue weighted by Crippen LogP contribution is -2.26. The number of unbranched alkanes of at least 4 members (excludes halogenated alkanes) is 5. The number of aromatic nitrogens is 2. The molecule has 3 rings (SSSR count). The minimum absolute atomic E-state index is 0.188. The van der Waals surface area contributed by atoms with Crippen LogP contribution in [0.1, 0.15) is 89.2 Å². The predicted octanol–water partition coefficient (Wildman–Crippen LogP) is 6.16. The van der Waals surface area contributed by atoms with Crippen LogP contribution in [-0.4, -0.2) is 16.0 Å². The number of carbonyl (C=O) groups is 1. The molecule has 1 aromatic carbocycles. The van der Waals surface area contributed by atoms with Gasteiger partial charge in [-0.3, -0.25) is 9.89 Å². The number of H-pyrrole nitrogens is 1. The van der Waals surface area contributed by atoms with Crippen LogP contribution < -0.4 is 0 Å². The average molecular weight is 341 g/mol. The van der Waals surface area contributed by atoms with Gasteiger partial charge in [0.05, 0.1) is 5.52 Å². The van der Waals surface area contributed by atoms with Crippen molar-refractivity contribution < 1.29 is 4.79 Å². The lowest BCUT2D eigenvalue weighted by atomic mass is 9.75. The largest absolute Gasteiger partial charge is 0.299 e. The second kappa shape index (κ2) is 9.17. The highest BCUT2D eigenvalue weighted by Gasteiger charge is 2.32. The van der Waals surface area contributed by atoms with Crippen molar-refractivity contribution in [2.75, 3.05) is 0 Å². The zero-order chi connectivity index (χ0) is 17.5. The summed E-state index contributed by atoms with van der Waals surface area (Å²) < 4.78 is 0. The van der Waals surface area contributed by atoms with Crippen LogP contribution in [0.25, 0.3) is 10.9 Å². The molecular weight excluding hydrogens is 308 g/mol. The fourth-order valence-corrected chi connectivity index (χ4v) is 4.39. The first-order valence-electron chi connectivity index (χ1n) is 10.3. The Kier molecular flexibility index (Phi) is 6.66. The molecule has 0 amide bonds. The van der Waals surface area contributed by atoms with E-state index in [9.17, 15) is 4.79 Å². The molecule has 1 N–H and O–H groups in total. The van der Waals surface area contributed by atoms with Gasteiger partial charge in [0.1, 0.15) is 5.78 Å². The molecule has 1 saturated carbocycles. The molecule has 1 aliphatic carbocycles. The molecule has 25 heavy (non-hydrogen) atoms. The fourth-order valence-electron chi connectivity index (χ4n) is 4.39. The summed E-state index contributed by atoms with van der Waals surface area (Å²) in [5, 5.41) is 8.99. The Morgan fingerprint density at radius 1 is 1.12 bits per heavy atom. The summed E-state index contributed by atoms with van der Waals surface area (Å²) in [6.07, 6.45) is 13.0. The van der Waals surface area contributed by atoms with Crippen LogP contribution >= 0.6 is 0 Å². The molecule has 2 unspecified atom stereocenters. The molecule has 0 bridgehead atoms. The molecule has 0 spiro atoms. The third-order valence-electron chi connectivity index (χ3n) is 5.82. The summed E-state index contributed by atoms with van der Waals surface area (Å²) in [6, 6.07) is 8.31. The number of Topliss-reactive ketones (excluding diaryl/α,β-unsaturated/α-hetero) is 1. The summed E-state index contributed by atoms with van der Waals surface area (Å²) >= 11 is 0. The van der Waals surface area contributed by atoms with Crippen LogP contribution in [0.4, 0.5) is 0 Å². The Hall–Kier alpha value is -1.64. The highest BCUT2D eigenvalue weighted by atomic mass is 16.1. The van der Waals surface area contributed by atoms with Gasteiger partial charge < -0.3 is 0 Å². The maximum Gasteiger partial charge on any atom is 0.136 e. The molecule has 2 atom stereocenters. The smallest absolute Gasteiger partial charge is 0.136 e. The summed E-state index contributed by atoms with van der Waals surface area (Å²) in [7, 11) is 0. The van der Waals surface area contributed by atoms with Crippen LogP contribution in [-0.2, 0) is 4.79 Å². The van der Waals surface area contributed by atoms with Crippen molar-refractivity contribution >= 4 is 16.7 Å². The first-order chi connectivity index (χ1) is 12.3. The van der Waals surface area contributed by atoms with Gasteiger partial charge in [-0.15, -0.1) is 0 Å². The van der Waals surface area contributed by atoms with E-state index in [2.05, 4.69) is 35.3 Å². The second-order valence-corrected chi connectivity index (χ2v) is 7.64. The van der Waals surface area contributed by atoms with Crippen molar-refractivity contribution in [3.63, 3.8) is 0 Å². The number of nitrogens with one attached hydrogen (secondary N) is 1. The van der Waals surface area contributed by atoms with Crippen molar-refractivity contribution in [1.29, 1.82) is 0 Å². The molecule has 0 radical (unpaired) electrons. The van der Waals surface area contributed by atoms with Crippen molar-refractivity contribution in [2.24, 2.45) is 5.92 Å². The number of hydrogen-bond acceptors (Lipinski definition) is 2. The van der Waals surface area contributed by atoms with E-state index in [0.29, 0.717) is 11.7 Å². The van der Waals surface area contributed by atoms with Gasteiger partial charge in [-0.1, -0.05) is 70.1 Å². The van der Waals surface area contributed by atoms with E-state index in [1.54, 1.807) is 0 Å². The van der Waals surface area contributed by atoms with E-state index in [0.717, 1.165) is 31.2 Å². The average Bonchev–Trinajstić information content (AvgIpc) is 3.06. The highest BCUT2D eigenvalue weighted by Crippen LogP contribution is 2.39. The number of ketones is 1. The van der Waals surface area contributed by atoms with Gasteiger partial charge in [-0.25, -0.2) is 0 Å². The van der Waals surface area contributed by atoms with Gasteiger partial charge in [-0.05, 0) is 25.3 Å². The number of rotatable bonds is 9. The molecule has 2 aromatic rings. The van der Waals surface area contributed by atoms with Crippen molar-refractivity contribution in [2.45, 2.75) is 83.5 Å². The number of benzene rings is 1. The molecule has 0 saturated heterocycles. The summed E-state index contributed by atoms with van der Waals surface area (Å²) in [5.74, 6) is 0.973. The maximum absolute atomic E-state index is 12.6. The van der Waals surface area contributed by atoms with E-state index in [1.807, 2.05) is 6.07 Å². The van der Waals surface area contributed by atoms with Crippen LogP contribution in [0.15, 0.2) is 24.3 Å². The molecular formula is C22H32N2O. The lowest BCUT2D eigenvalue weighted by Gasteiger charge is -2.29. The molecule has 3 heteroatoms. The zero-order valence-corrected chi connectivity index (χ0v) is 15.6. The predicted molar refractivity (Wildman–Crippen MR) is 104 cm³/mol. The van der Waals surface area contributed by atoms with Gasteiger partial charge >= 0.3 is 0 Å². The first kappa shape index (κ1) is 18.2. The Balaban J connectivity index is 1.73. The standard InChI is InChI=1S/C22H32N2O/c1-2-3-4-5-6-7-13-18(17-12-9-11-16-21(17)25)22-19-14-8-10-15-20(19)23-24-22/h8,10,14-15,17-18H,2-7,9,11-13,16H2,1H3,(H,23,24). The topological polar surface area (TPSA) is 45.8 Å². The third kappa shape index (κ3) is 4.50. The van der Waals surface area contributed by atoms with Crippen molar-refractivity contribution in [3.8, 4) is 0 Å². The van der Waals surface area contributed by atoms with Gasteiger partial charge in [0.15, 0.2) is 0 Å². The van der Waals surface area contributed by atoms with Gasteiger partial charge in [0, 0.05) is 29.3 Å². The fraction of sp³-hybridized carbons (Fsp3) is 0.636. The second-order valence-electron chi connectivity index (χ2n) is 7.64. The molecule has 3 nitrogen and oxygen atoms in total. The summed E-state index contributed by atoms with van der Waals surface area (Å²) in [5.41, 5.74) is 2.22. The van der Waals surface area contributed by atoms with E-state index in [4.69, 9.17) is 0 Å². The summed E-state index contributed by atoms with van der Waals surface area (Å²) in [6.45, 7) is 2.26. The monoisotopic (exact) mass is 340 g/mol.